The summed E-state index contributed by atoms with van der Waals surface area (Å²) < 4.78 is 24.5. The van der Waals surface area contributed by atoms with E-state index < -0.39 is 5.41 Å². The third-order valence-electron chi connectivity index (χ3n) is 5.82. The van der Waals surface area contributed by atoms with Crippen molar-refractivity contribution in [3.8, 4) is 23.0 Å². The second-order valence-electron chi connectivity index (χ2n) is 9.59. The van der Waals surface area contributed by atoms with Gasteiger partial charge in [-0.25, -0.2) is 4.98 Å². The largest absolute Gasteiger partial charge is 0.493 e. The van der Waals surface area contributed by atoms with Crippen molar-refractivity contribution in [2.75, 3.05) is 13.9 Å². The van der Waals surface area contributed by atoms with Crippen molar-refractivity contribution in [1.82, 2.24) is 9.66 Å². The summed E-state index contributed by atoms with van der Waals surface area (Å²) in [6, 6.07) is 16.6. The summed E-state index contributed by atoms with van der Waals surface area (Å²) in [7, 11) is 1.58. The summed E-state index contributed by atoms with van der Waals surface area (Å²) in [5.41, 5.74) is 1.69. The van der Waals surface area contributed by atoms with Gasteiger partial charge in [0.15, 0.2) is 23.0 Å². The molecular weight excluding hydrogens is 538 g/mol. The fourth-order valence-corrected chi connectivity index (χ4v) is 4.30. The van der Waals surface area contributed by atoms with Crippen molar-refractivity contribution in [1.29, 1.82) is 0 Å². The van der Waals surface area contributed by atoms with Crippen LogP contribution in [-0.4, -0.2) is 29.8 Å². The van der Waals surface area contributed by atoms with E-state index in [2.05, 4.69) is 21.0 Å². The fourth-order valence-electron chi connectivity index (χ4n) is 3.94. The molecule has 0 spiro atoms. The maximum absolute atomic E-state index is 13.4. The minimum Gasteiger partial charge on any atom is -0.493 e. The Hall–Kier alpha value is -3.85. The lowest BCUT2D eigenvalue weighted by molar-refractivity contribution is 0.174. The van der Waals surface area contributed by atoms with Gasteiger partial charge in [-0.2, -0.15) is 9.78 Å². The van der Waals surface area contributed by atoms with Gasteiger partial charge in [-0.15, -0.1) is 0 Å². The van der Waals surface area contributed by atoms with Crippen molar-refractivity contribution in [3.05, 3.63) is 86.4 Å². The first-order valence-corrected chi connectivity index (χ1v) is 12.5. The molecule has 5 rings (SSSR count). The van der Waals surface area contributed by atoms with E-state index >= 15 is 0 Å². The Morgan fingerprint density at radius 2 is 1.86 bits per heavy atom. The third-order valence-corrected chi connectivity index (χ3v) is 6.31. The van der Waals surface area contributed by atoms with Gasteiger partial charge in [0.2, 0.25) is 6.79 Å². The number of aromatic nitrogens is 2. The van der Waals surface area contributed by atoms with Gasteiger partial charge in [0.1, 0.15) is 12.4 Å². The molecule has 2 heterocycles. The van der Waals surface area contributed by atoms with E-state index in [1.54, 1.807) is 19.4 Å². The number of halogens is 1. The first-order valence-electron chi connectivity index (χ1n) is 11.7. The van der Waals surface area contributed by atoms with Crippen LogP contribution in [0.4, 0.5) is 0 Å². The van der Waals surface area contributed by atoms with Gasteiger partial charge in [0.05, 0.1) is 24.2 Å². The molecular formula is C28H26BrN3O5. The number of hydrogen-bond donors (Lipinski definition) is 0. The van der Waals surface area contributed by atoms with E-state index in [0.717, 1.165) is 21.3 Å². The first kappa shape index (κ1) is 24.8. The van der Waals surface area contributed by atoms with E-state index in [9.17, 15) is 4.79 Å². The van der Waals surface area contributed by atoms with Crippen LogP contribution in [0.1, 0.15) is 37.7 Å². The van der Waals surface area contributed by atoms with E-state index in [1.807, 2.05) is 69.3 Å². The normalized spacial score (nSPS) is 12.9. The number of benzene rings is 3. The summed E-state index contributed by atoms with van der Waals surface area (Å²) in [6.07, 6.45) is 1.62. The number of methoxy groups -OCH3 is 1. The monoisotopic (exact) mass is 563 g/mol. The van der Waals surface area contributed by atoms with Crippen LogP contribution in [0, 0.1) is 0 Å². The van der Waals surface area contributed by atoms with Crippen molar-refractivity contribution < 1.29 is 18.9 Å². The molecule has 0 N–H and O–H groups in total. The molecule has 1 aliphatic heterocycles. The van der Waals surface area contributed by atoms with Gasteiger partial charge in [0, 0.05) is 9.89 Å². The highest BCUT2D eigenvalue weighted by molar-refractivity contribution is 9.10. The van der Waals surface area contributed by atoms with Gasteiger partial charge in [-0.1, -0.05) is 42.8 Å². The second kappa shape index (κ2) is 9.89. The Morgan fingerprint density at radius 1 is 1.05 bits per heavy atom. The van der Waals surface area contributed by atoms with Crippen molar-refractivity contribution in [2.45, 2.75) is 32.8 Å². The molecule has 9 heteroatoms. The second-order valence-corrected chi connectivity index (χ2v) is 10.5. The minimum atomic E-state index is -0.401. The zero-order valence-corrected chi connectivity index (χ0v) is 22.5. The number of fused-ring (bicyclic) bond motifs is 2. The van der Waals surface area contributed by atoms with E-state index in [4.69, 9.17) is 23.9 Å². The van der Waals surface area contributed by atoms with Crippen LogP contribution < -0.4 is 24.5 Å². The average Bonchev–Trinajstić information content (AvgIpc) is 3.34. The summed E-state index contributed by atoms with van der Waals surface area (Å²) in [4.78, 5) is 18.1. The predicted octanol–water partition coefficient (Wildman–Crippen LogP) is 5.66. The molecule has 190 valence electrons. The zero-order valence-electron chi connectivity index (χ0n) is 20.9. The molecule has 0 atom stereocenters. The summed E-state index contributed by atoms with van der Waals surface area (Å²) in [6.45, 7) is 6.57. The van der Waals surface area contributed by atoms with Crippen LogP contribution in [0.5, 0.6) is 23.0 Å². The first-order chi connectivity index (χ1) is 17.7. The molecule has 1 aromatic heterocycles. The van der Waals surface area contributed by atoms with Crippen molar-refractivity contribution in [2.24, 2.45) is 5.10 Å². The Morgan fingerprint density at radius 3 is 2.65 bits per heavy atom. The van der Waals surface area contributed by atoms with Crippen molar-refractivity contribution >= 4 is 33.0 Å². The topological polar surface area (TPSA) is 84.2 Å². The Labute approximate surface area is 222 Å². The molecule has 0 saturated carbocycles. The van der Waals surface area contributed by atoms with Crippen LogP contribution in [0.25, 0.3) is 10.9 Å². The van der Waals surface area contributed by atoms with Crippen LogP contribution in [0.15, 0.2) is 69.0 Å². The number of hydrogen-bond acceptors (Lipinski definition) is 7. The molecule has 3 aromatic carbocycles. The van der Waals surface area contributed by atoms with Crippen LogP contribution in [-0.2, 0) is 12.0 Å². The summed E-state index contributed by atoms with van der Waals surface area (Å²) >= 11 is 3.44. The lowest BCUT2D eigenvalue weighted by Gasteiger charge is -2.20. The molecule has 37 heavy (non-hydrogen) atoms. The number of nitrogens with zero attached hydrogens (tertiary/aromatic N) is 3. The quantitative estimate of drug-likeness (QED) is 0.282. The van der Waals surface area contributed by atoms with E-state index in [1.165, 1.54) is 4.68 Å². The lowest BCUT2D eigenvalue weighted by Crippen LogP contribution is -2.29. The van der Waals surface area contributed by atoms with E-state index in [0.29, 0.717) is 40.6 Å². The van der Waals surface area contributed by atoms with Gasteiger partial charge in [-0.3, -0.25) is 4.79 Å². The highest BCUT2D eigenvalue weighted by Gasteiger charge is 2.23. The zero-order chi connectivity index (χ0) is 26.2. The number of rotatable bonds is 6. The highest BCUT2D eigenvalue weighted by Crippen LogP contribution is 2.34. The summed E-state index contributed by atoms with van der Waals surface area (Å²) in [5.74, 6) is 3.14. The molecule has 4 aromatic rings. The van der Waals surface area contributed by atoms with E-state index in [-0.39, 0.29) is 12.4 Å². The predicted molar refractivity (Wildman–Crippen MR) is 145 cm³/mol. The molecule has 0 aliphatic carbocycles. The maximum atomic E-state index is 13.4. The summed E-state index contributed by atoms with van der Waals surface area (Å²) in [5, 5.41) is 5.02. The molecule has 0 saturated heterocycles. The third kappa shape index (κ3) is 5.17. The maximum Gasteiger partial charge on any atom is 0.282 e. The van der Waals surface area contributed by atoms with Gasteiger partial charge in [0.25, 0.3) is 5.56 Å². The van der Waals surface area contributed by atoms with Crippen LogP contribution in [0.2, 0.25) is 0 Å². The van der Waals surface area contributed by atoms with Crippen molar-refractivity contribution in [3.63, 3.8) is 0 Å². The SMILES string of the molecule is COc1cc(C=Nn2c(C(C)(C)C)nc3ccc(Br)cc3c2=O)ccc1OCc1ccc2c(c1)OCO2. The van der Waals surface area contributed by atoms with Gasteiger partial charge in [-0.05, 0) is 59.7 Å². The fraction of sp³-hybridized carbons (Fsp3) is 0.250. The minimum absolute atomic E-state index is 0.229. The number of ether oxygens (including phenoxy) is 4. The molecule has 0 amide bonds. The van der Waals surface area contributed by atoms with Crippen LogP contribution >= 0.6 is 15.9 Å². The molecule has 0 bridgehead atoms. The smallest absolute Gasteiger partial charge is 0.282 e. The Kier molecular flexibility index (Phi) is 6.64. The molecule has 8 nitrogen and oxygen atoms in total. The standard InChI is InChI=1S/C28H26BrN3O5/c1-28(2,3)27-31-21-8-7-19(29)13-20(21)26(33)32(27)30-14-17-5-9-22(24(11-17)34-4)35-15-18-6-10-23-25(12-18)37-16-36-23/h5-14H,15-16H2,1-4H3. The highest BCUT2D eigenvalue weighted by atomic mass is 79.9. The van der Waals surface area contributed by atoms with Gasteiger partial charge < -0.3 is 18.9 Å². The molecule has 0 radical (unpaired) electrons. The molecule has 0 fully saturated rings. The molecule has 0 unspecified atom stereocenters. The Bertz CT molecular complexity index is 1570. The van der Waals surface area contributed by atoms with Crippen LogP contribution in [0.3, 0.4) is 0 Å². The van der Waals surface area contributed by atoms with Gasteiger partial charge >= 0.3 is 0 Å². The average molecular weight is 564 g/mol. The molecule has 1 aliphatic rings. The lowest BCUT2D eigenvalue weighted by atomic mass is 9.95. The Balaban J connectivity index is 1.42.